The van der Waals surface area contributed by atoms with Crippen LogP contribution >= 0.6 is 27.5 Å². The van der Waals surface area contributed by atoms with Gasteiger partial charge in [0, 0.05) is 22.4 Å². The Bertz CT molecular complexity index is 632. The molecule has 0 radical (unpaired) electrons. The molecule has 21 heavy (non-hydrogen) atoms. The summed E-state index contributed by atoms with van der Waals surface area (Å²) in [4.78, 5) is 11.1. The third-order valence-electron chi connectivity index (χ3n) is 2.80. The van der Waals surface area contributed by atoms with Gasteiger partial charge in [-0.1, -0.05) is 17.7 Å². The number of anilines is 2. The molecule has 110 valence electrons. The standard InChI is InChI=1S/C15H14BrClN2O2/c1-21-15(20)19-12-5-3-11(4-6-12)18-9-10-2-7-13(16)14(17)8-10/h2-8,18H,9H2,1H3,(H,19,20). The largest absolute Gasteiger partial charge is 0.453 e. The highest BCUT2D eigenvalue weighted by Gasteiger charge is 2.01. The van der Waals surface area contributed by atoms with Crippen molar-refractivity contribution in [1.82, 2.24) is 0 Å². The summed E-state index contributed by atoms with van der Waals surface area (Å²) in [6.07, 6.45) is -0.486. The Labute approximate surface area is 136 Å². The molecule has 0 aliphatic rings. The lowest BCUT2D eigenvalue weighted by molar-refractivity contribution is 0.187. The van der Waals surface area contributed by atoms with Crippen molar-refractivity contribution >= 4 is 45.0 Å². The number of hydrogen-bond acceptors (Lipinski definition) is 3. The number of benzene rings is 2. The van der Waals surface area contributed by atoms with Crippen LogP contribution in [0.4, 0.5) is 16.2 Å². The zero-order valence-electron chi connectivity index (χ0n) is 11.3. The molecule has 0 bridgehead atoms. The first kappa shape index (κ1) is 15.7. The number of hydrogen-bond donors (Lipinski definition) is 2. The minimum Gasteiger partial charge on any atom is -0.453 e. The van der Waals surface area contributed by atoms with Crippen molar-refractivity contribution in [2.45, 2.75) is 6.54 Å². The fourth-order valence-corrected chi connectivity index (χ4v) is 2.14. The van der Waals surface area contributed by atoms with E-state index < -0.39 is 6.09 Å². The first-order valence-electron chi connectivity index (χ1n) is 6.21. The van der Waals surface area contributed by atoms with Crippen LogP contribution in [0.1, 0.15) is 5.56 Å². The van der Waals surface area contributed by atoms with Gasteiger partial charge >= 0.3 is 6.09 Å². The summed E-state index contributed by atoms with van der Waals surface area (Å²) in [6.45, 7) is 0.663. The lowest BCUT2D eigenvalue weighted by Gasteiger charge is -2.09. The Morgan fingerprint density at radius 1 is 1.19 bits per heavy atom. The van der Waals surface area contributed by atoms with Crippen molar-refractivity contribution in [3.05, 3.63) is 57.5 Å². The van der Waals surface area contributed by atoms with Crippen molar-refractivity contribution in [2.75, 3.05) is 17.7 Å². The van der Waals surface area contributed by atoms with Gasteiger partial charge < -0.3 is 10.1 Å². The van der Waals surface area contributed by atoms with E-state index in [2.05, 4.69) is 31.3 Å². The molecule has 4 nitrogen and oxygen atoms in total. The fraction of sp³-hybridized carbons (Fsp3) is 0.133. The highest BCUT2D eigenvalue weighted by Crippen LogP contribution is 2.23. The summed E-state index contributed by atoms with van der Waals surface area (Å²) >= 11 is 9.41. The maximum Gasteiger partial charge on any atom is 0.411 e. The molecule has 0 aliphatic carbocycles. The molecule has 0 spiro atoms. The third-order valence-corrected chi connectivity index (χ3v) is 4.03. The van der Waals surface area contributed by atoms with Crippen LogP contribution in [0.5, 0.6) is 0 Å². The first-order valence-corrected chi connectivity index (χ1v) is 7.38. The van der Waals surface area contributed by atoms with Crippen LogP contribution in [0.25, 0.3) is 0 Å². The van der Waals surface area contributed by atoms with E-state index in [1.165, 1.54) is 7.11 Å². The summed E-state index contributed by atoms with van der Waals surface area (Å²) in [5.74, 6) is 0. The van der Waals surface area contributed by atoms with Crippen LogP contribution in [-0.4, -0.2) is 13.2 Å². The molecular weight excluding hydrogens is 356 g/mol. The van der Waals surface area contributed by atoms with E-state index in [4.69, 9.17) is 11.6 Å². The zero-order valence-corrected chi connectivity index (χ0v) is 13.7. The number of carbonyl (C=O) groups excluding carboxylic acids is 1. The van der Waals surface area contributed by atoms with Crippen molar-refractivity contribution in [3.8, 4) is 0 Å². The van der Waals surface area contributed by atoms with Crippen molar-refractivity contribution in [1.29, 1.82) is 0 Å². The summed E-state index contributed by atoms with van der Waals surface area (Å²) < 4.78 is 5.41. The minimum atomic E-state index is -0.486. The van der Waals surface area contributed by atoms with Gasteiger partial charge in [-0.15, -0.1) is 0 Å². The highest BCUT2D eigenvalue weighted by atomic mass is 79.9. The molecule has 0 heterocycles. The van der Waals surface area contributed by atoms with Crippen LogP contribution < -0.4 is 10.6 Å². The molecular formula is C15H14BrClN2O2. The van der Waals surface area contributed by atoms with E-state index in [1.54, 1.807) is 12.1 Å². The smallest absolute Gasteiger partial charge is 0.411 e. The molecule has 0 saturated heterocycles. The summed E-state index contributed by atoms with van der Waals surface area (Å²) in [5.41, 5.74) is 2.71. The number of halogens is 2. The molecule has 0 aliphatic heterocycles. The average molecular weight is 370 g/mol. The fourth-order valence-electron chi connectivity index (χ4n) is 1.69. The second-order valence-corrected chi connectivity index (χ2v) is 5.56. The molecule has 6 heteroatoms. The highest BCUT2D eigenvalue weighted by molar-refractivity contribution is 9.10. The summed E-state index contributed by atoms with van der Waals surface area (Å²) in [5, 5.41) is 6.57. The minimum absolute atomic E-state index is 0.486. The maximum atomic E-state index is 11.1. The number of nitrogens with one attached hydrogen (secondary N) is 2. The van der Waals surface area contributed by atoms with Gasteiger partial charge in [0.2, 0.25) is 0 Å². The quantitative estimate of drug-likeness (QED) is 0.806. The van der Waals surface area contributed by atoms with Crippen molar-refractivity contribution in [2.24, 2.45) is 0 Å². The van der Waals surface area contributed by atoms with Gasteiger partial charge in [0.05, 0.1) is 12.1 Å². The number of amides is 1. The van der Waals surface area contributed by atoms with Gasteiger partial charge in [0.1, 0.15) is 0 Å². The lowest BCUT2D eigenvalue weighted by Crippen LogP contribution is -2.10. The van der Waals surface area contributed by atoms with Crippen LogP contribution in [0, 0.1) is 0 Å². The van der Waals surface area contributed by atoms with Crippen molar-refractivity contribution in [3.63, 3.8) is 0 Å². The molecule has 0 atom stereocenters. The Kier molecular flexibility index (Phi) is 5.47. The van der Waals surface area contributed by atoms with Gasteiger partial charge in [-0.2, -0.15) is 0 Å². The maximum absolute atomic E-state index is 11.1. The Hall–Kier alpha value is -1.72. The molecule has 0 fully saturated rings. The number of ether oxygens (including phenoxy) is 1. The topological polar surface area (TPSA) is 50.4 Å². The van der Waals surface area contributed by atoms with E-state index in [1.807, 2.05) is 30.3 Å². The van der Waals surface area contributed by atoms with Crippen molar-refractivity contribution < 1.29 is 9.53 Å². The molecule has 0 aromatic heterocycles. The van der Waals surface area contributed by atoms with Gasteiger partial charge in [0.25, 0.3) is 0 Å². The molecule has 2 aromatic carbocycles. The van der Waals surface area contributed by atoms with Crippen LogP contribution in [0.15, 0.2) is 46.9 Å². The van der Waals surface area contributed by atoms with E-state index >= 15 is 0 Å². The van der Waals surface area contributed by atoms with Gasteiger partial charge in [-0.3, -0.25) is 5.32 Å². The molecule has 0 saturated carbocycles. The second kappa shape index (κ2) is 7.33. The molecule has 1 amide bonds. The SMILES string of the molecule is COC(=O)Nc1ccc(NCc2ccc(Br)c(Cl)c2)cc1. The van der Waals surface area contributed by atoms with Crippen LogP contribution in [0.2, 0.25) is 5.02 Å². The Morgan fingerprint density at radius 2 is 1.86 bits per heavy atom. The monoisotopic (exact) mass is 368 g/mol. The number of rotatable bonds is 4. The predicted molar refractivity (Wildman–Crippen MR) is 88.9 cm³/mol. The number of carbonyl (C=O) groups is 1. The lowest BCUT2D eigenvalue weighted by atomic mass is 10.2. The van der Waals surface area contributed by atoms with E-state index in [-0.39, 0.29) is 0 Å². The van der Waals surface area contributed by atoms with Gasteiger partial charge in [-0.05, 0) is 57.9 Å². The molecule has 2 N–H and O–H groups in total. The Balaban J connectivity index is 1.94. The normalized spacial score (nSPS) is 10.0. The van der Waals surface area contributed by atoms with Gasteiger partial charge in [0.15, 0.2) is 0 Å². The summed E-state index contributed by atoms with van der Waals surface area (Å²) in [7, 11) is 1.33. The summed E-state index contributed by atoms with van der Waals surface area (Å²) in [6, 6.07) is 13.2. The second-order valence-electron chi connectivity index (χ2n) is 4.30. The molecule has 0 unspecified atom stereocenters. The third kappa shape index (κ3) is 4.65. The molecule has 2 aromatic rings. The number of methoxy groups -OCH3 is 1. The van der Waals surface area contributed by atoms with E-state index in [0.29, 0.717) is 17.3 Å². The first-order chi connectivity index (χ1) is 10.1. The predicted octanol–water partition coefficient (Wildman–Crippen LogP) is 4.89. The Morgan fingerprint density at radius 3 is 2.48 bits per heavy atom. The van der Waals surface area contributed by atoms with E-state index in [0.717, 1.165) is 15.7 Å². The van der Waals surface area contributed by atoms with Crippen LogP contribution in [0.3, 0.4) is 0 Å². The average Bonchev–Trinajstić information content (AvgIpc) is 2.50. The van der Waals surface area contributed by atoms with Crippen LogP contribution in [-0.2, 0) is 11.3 Å². The zero-order chi connectivity index (χ0) is 15.2. The van der Waals surface area contributed by atoms with Gasteiger partial charge in [-0.25, -0.2) is 4.79 Å². The van der Waals surface area contributed by atoms with E-state index in [9.17, 15) is 4.79 Å². The molecule has 2 rings (SSSR count).